The number of aromatic nitrogens is 2. The van der Waals surface area contributed by atoms with Crippen LogP contribution in [0.4, 0.5) is 0 Å². The third-order valence-corrected chi connectivity index (χ3v) is 2.60. The number of nitrogens with two attached hydrogens (primary N) is 1. The van der Waals surface area contributed by atoms with Crippen molar-refractivity contribution in [3.8, 4) is 5.69 Å². The largest absolute Gasteiger partial charge is 0.392 e. The molecule has 0 spiro atoms. The zero-order valence-corrected chi connectivity index (χ0v) is 9.42. The lowest BCUT2D eigenvalue weighted by Crippen LogP contribution is -2.12. The lowest BCUT2D eigenvalue weighted by molar-refractivity contribution is 0.0995. The van der Waals surface area contributed by atoms with Crippen molar-refractivity contribution in [3.63, 3.8) is 0 Å². The minimum absolute atomic E-state index is 0.0117. The van der Waals surface area contributed by atoms with Gasteiger partial charge in [-0.05, 0) is 36.2 Å². The maximum atomic E-state index is 10.9. The molecule has 0 atom stereocenters. The van der Waals surface area contributed by atoms with E-state index in [-0.39, 0.29) is 12.3 Å². The van der Waals surface area contributed by atoms with Crippen molar-refractivity contribution in [3.05, 3.63) is 47.3 Å². The summed E-state index contributed by atoms with van der Waals surface area (Å²) in [4.78, 5) is 10.9. The smallest absolute Gasteiger partial charge is 0.269 e. The van der Waals surface area contributed by atoms with Crippen LogP contribution >= 0.6 is 0 Å². The maximum Gasteiger partial charge on any atom is 0.269 e. The monoisotopic (exact) mass is 231 g/mol. The second-order valence-electron chi connectivity index (χ2n) is 3.78. The molecule has 0 aliphatic carbocycles. The second-order valence-corrected chi connectivity index (χ2v) is 3.78. The number of amides is 1. The number of aryl methyl sites for hydroxylation is 1. The predicted octanol–water partition coefficient (Wildman–Crippen LogP) is 0.772. The summed E-state index contributed by atoms with van der Waals surface area (Å²) in [5, 5.41) is 13.1. The number of rotatable bonds is 3. The van der Waals surface area contributed by atoms with Gasteiger partial charge in [-0.3, -0.25) is 4.79 Å². The van der Waals surface area contributed by atoms with Crippen LogP contribution in [0.2, 0.25) is 0 Å². The van der Waals surface area contributed by atoms with Crippen molar-refractivity contribution in [2.24, 2.45) is 5.73 Å². The molecular weight excluding hydrogens is 218 g/mol. The Hall–Kier alpha value is -2.14. The average Bonchev–Trinajstić information content (AvgIpc) is 2.78. The van der Waals surface area contributed by atoms with Gasteiger partial charge in [0.1, 0.15) is 5.69 Å². The summed E-state index contributed by atoms with van der Waals surface area (Å²) >= 11 is 0. The maximum absolute atomic E-state index is 10.9. The second kappa shape index (κ2) is 4.39. The molecule has 0 fully saturated rings. The van der Waals surface area contributed by atoms with Crippen molar-refractivity contribution >= 4 is 5.91 Å². The summed E-state index contributed by atoms with van der Waals surface area (Å²) in [7, 11) is 0. The van der Waals surface area contributed by atoms with Gasteiger partial charge >= 0.3 is 0 Å². The van der Waals surface area contributed by atoms with Gasteiger partial charge in [0.2, 0.25) is 0 Å². The van der Waals surface area contributed by atoms with Gasteiger partial charge in [0.15, 0.2) is 0 Å². The fourth-order valence-corrected chi connectivity index (χ4v) is 1.60. The van der Waals surface area contributed by atoms with Gasteiger partial charge in [0, 0.05) is 6.20 Å². The number of benzene rings is 1. The molecule has 0 saturated heterocycles. The highest BCUT2D eigenvalue weighted by Gasteiger charge is 2.06. The molecule has 1 heterocycles. The highest BCUT2D eigenvalue weighted by Crippen LogP contribution is 2.14. The molecule has 0 saturated carbocycles. The van der Waals surface area contributed by atoms with Crippen molar-refractivity contribution < 1.29 is 9.90 Å². The number of hydrogen-bond acceptors (Lipinski definition) is 3. The van der Waals surface area contributed by atoms with E-state index in [0.717, 1.165) is 16.8 Å². The van der Waals surface area contributed by atoms with Crippen LogP contribution in [0.15, 0.2) is 30.5 Å². The van der Waals surface area contributed by atoms with E-state index < -0.39 is 5.91 Å². The first-order valence-corrected chi connectivity index (χ1v) is 5.18. The molecule has 0 radical (unpaired) electrons. The van der Waals surface area contributed by atoms with Crippen LogP contribution in [0.5, 0.6) is 0 Å². The first kappa shape index (κ1) is 11.3. The summed E-state index contributed by atoms with van der Waals surface area (Å²) in [6.07, 6.45) is 1.67. The standard InChI is InChI=1S/C12H13N3O2/c1-8-6-10(3-2-9(8)7-16)15-5-4-11(14-15)12(13)17/h2-6,16H,7H2,1H3,(H2,13,17). The molecule has 0 unspecified atom stereocenters. The molecule has 1 aromatic carbocycles. The fraction of sp³-hybridized carbons (Fsp3) is 0.167. The van der Waals surface area contributed by atoms with Gasteiger partial charge in [-0.25, -0.2) is 4.68 Å². The molecule has 1 amide bonds. The van der Waals surface area contributed by atoms with E-state index in [4.69, 9.17) is 10.8 Å². The Labute approximate surface area is 98.5 Å². The van der Waals surface area contributed by atoms with E-state index in [1.54, 1.807) is 16.9 Å². The van der Waals surface area contributed by atoms with Crippen LogP contribution in [0.1, 0.15) is 21.6 Å². The summed E-state index contributed by atoms with van der Waals surface area (Å²) in [6.45, 7) is 1.92. The number of hydrogen-bond donors (Lipinski definition) is 2. The number of carbonyl (C=O) groups is 1. The molecule has 0 aliphatic heterocycles. The van der Waals surface area contributed by atoms with Crippen molar-refractivity contribution in [2.45, 2.75) is 13.5 Å². The first-order valence-electron chi connectivity index (χ1n) is 5.18. The average molecular weight is 231 g/mol. The van der Waals surface area contributed by atoms with E-state index >= 15 is 0 Å². The number of aliphatic hydroxyl groups excluding tert-OH is 1. The SMILES string of the molecule is Cc1cc(-n2ccc(C(N)=O)n2)ccc1CO. The van der Waals surface area contributed by atoms with Gasteiger partial charge in [0.05, 0.1) is 12.3 Å². The van der Waals surface area contributed by atoms with Gasteiger partial charge in [-0.2, -0.15) is 5.10 Å². The number of nitrogens with zero attached hydrogens (tertiary/aromatic N) is 2. The summed E-state index contributed by atoms with van der Waals surface area (Å²) in [5.74, 6) is -0.549. The molecular formula is C12H13N3O2. The summed E-state index contributed by atoms with van der Waals surface area (Å²) in [5.41, 5.74) is 8.03. The Balaban J connectivity index is 2.39. The van der Waals surface area contributed by atoms with Crippen LogP contribution in [-0.4, -0.2) is 20.8 Å². The number of aliphatic hydroxyl groups is 1. The highest BCUT2D eigenvalue weighted by atomic mass is 16.3. The minimum Gasteiger partial charge on any atom is -0.392 e. The highest BCUT2D eigenvalue weighted by molar-refractivity contribution is 5.90. The molecule has 5 nitrogen and oxygen atoms in total. The Kier molecular flexibility index (Phi) is 2.93. The van der Waals surface area contributed by atoms with Gasteiger partial charge in [-0.15, -0.1) is 0 Å². The van der Waals surface area contributed by atoms with E-state index in [0.29, 0.717) is 0 Å². The lowest BCUT2D eigenvalue weighted by atomic mass is 10.1. The first-order chi connectivity index (χ1) is 8.11. The van der Waals surface area contributed by atoms with Crippen LogP contribution in [-0.2, 0) is 6.61 Å². The molecule has 0 aliphatic rings. The van der Waals surface area contributed by atoms with Crippen LogP contribution in [0.25, 0.3) is 5.69 Å². The molecule has 3 N–H and O–H groups in total. The molecule has 2 rings (SSSR count). The number of carbonyl (C=O) groups excluding carboxylic acids is 1. The zero-order valence-electron chi connectivity index (χ0n) is 9.42. The summed E-state index contributed by atoms with van der Waals surface area (Å²) < 4.78 is 1.58. The predicted molar refractivity (Wildman–Crippen MR) is 62.7 cm³/mol. The van der Waals surface area contributed by atoms with Gasteiger partial charge in [0.25, 0.3) is 5.91 Å². The van der Waals surface area contributed by atoms with E-state index in [2.05, 4.69) is 5.10 Å². The third-order valence-electron chi connectivity index (χ3n) is 2.60. The fourth-order valence-electron chi connectivity index (χ4n) is 1.60. The van der Waals surface area contributed by atoms with E-state index in [9.17, 15) is 4.79 Å². The van der Waals surface area contributed by atoms with Gasteiger partial charge < -0.3 is 10.8 Å². The van der Waals surface area contributed by atoms with Crippen LogP contribution in [0.3, 0.4) is 0 Å². The molecule has 0 bridgehead atoms. The van der Waals surface area contributed by atoms with Crippen molar-refractivity contribution in [1.29, 1.82) is 0 Å². The molecule has 17 heavy (non-hydrogen) atoms. The minimum atomic E-state index is -0.549. The Bertz CT molecular complexity index is 561. The van der Waals surface area contributed by atoms with E-state index in [1.165, 1.54) is 0 Å². The molecule has 1 aromatic heterocycles. The molecule has 5 heteroatoms. The van der Waals surface area contributed by atoms with Crippen molar-refractivity contribution in [1.82, 2.24) is 9.78 Å². The normalized spacial score (nSPS) is 10.5. The Morgan fingerprint density at radius 2 is 2.24 bits per heavy atom. The number of primary amides is 1. The summed E-state index contributed by atoms with van der Waals surface area (Å²) in [6, 6.07) is 7.12. The molecule has 88 valence electrons. The quantitative estimate of drug-likeness (QED) is 0.818. The molecule has 2 aromatic rings. The van der Waals surface area contributed by atoms with Crippen LogP contribution < -0.4 is 5.73 Å². The third kappa shape index (κ3) is 2.19. The lowest BCUT2D eigenvalue weighted by Gasteiger charge is -2.06. The van der Waals surface area contributed by atoms with Crippen LogP contribution in [0, 0.1) is 6.92 Å². The Morgan fingerprint density at radius 1 is 1.47 bits per heavy atom. The Morgan fingerprint density at radius 3 is 2.76 bits per heavy atom. The van der Waals surface area contributed by atoms with Crippen molar-refractivity contribution in [2.75, 3.05) is 0 Å². The zero-order chi connectivity index (χ0) is 12.4. The topological polar surface area (TPSA) is 81.1 Å². The van der Waals surface area contributed by atoms with E-state index in [1.807, 2.05) is 25.1 Å². The van der Waals surface area contributed by atoms with Gasteiger partial charge in [-0.1, -0.05) is 6.07 Å².